The summed E-state index contributed by atoms with van der Waals surface area (Å²) in [5.41, 5.74) is 0.200. The van der Waals surface area contributed by atoms with E-state index < -0.39 is 0 Å². The van der Waals surface area contributed by atoms with E-state index in [1.54, 1.807) is 0 Å². The first-order valence-corrected chi connectivity index (χ1v) is 10.7. The molecule has 2 saturated heterocycles. The highest BCUT2D eigenvalue weighted by Gasteiger charge is 2.27. The Morgan fingerprint density at radius 1 is 1.29 bits per heavy atom. The van der Waals surface area contributed by atoms with E-state index >= 15 is 0 Å². The van der Waals surface area contributed by atoms with Gasteiger partial charge < -0.3 is 15.0 Å². The SMILES string of the molecule is CCc1ncc(Cl)c(C(=O)N[C@H]2CCCCN(C(=O)CC3CCCCO3)C2)n1. The topological polar surface area (TPSA) is 84.4 Å². The zero-order valence-corrected chi connectivity index (χ0v) is 17.2. The monoisotopic (exact) mass is 408 g/mol. The Kier molecular flexibility index (Phi) is 7.62. The number of nitrogens with one attached hydrogen (secondary N) is 1. The van der Waals surface area contributed by atoms with Gasteiger partial charge in [0.25, 0.3) is 5.91 Å². The molecule has 8 heteroatoms. The summed E-state index contributed by atoms with van der Waals surface area (Å²) in [5, 5.41) is 3.26. The Morgan fingerprint density at radius 3 is 2.86 bits per heavy atom. The summed E-state index contributed by atoms with van der Waals surface area (Å²) >= 11 is 6.12. The number of hydrogen-bond donors (Lipinski definition) is 1. The number of hydrogen-bond acceptors (Lipinski definition) is 5. The van der Waals surface area contributed by atoms with Crippen LogP contribution in [0.2, 0.25) is 5.02 Å². The molecule has 3 rings (SSSR count). The Labute approximate surface area is 171 Å². The van der Waals surface area contributed by atoms with Gasteiger partial charge in [-0.05, 0) is 38.5 Å². The number of rotatable bonds is 5. The van der Waals surface area contributed by atoms with Crippen molar-refractivity contribution in [2.75, 3.05) is 19.7 Å². The van der Waals surface area contributed by atoms with E-state index in [-0.39, 0.29) is 34.7 Å². The predicted molar refractivity (Wildman–Crippen MR) is 106 cm³/mol. The van der Waals surface area contributed by atoms with Crippen molar-refractivity contribution < 1.29 is 14.3 Å². The third-order valence-electron chi connectivity index (χ3n) is 5.36. The van der Waals surface area contributed by atoms with Crippen LogP contribution in [0.5, 0.6) is 0 Å². The van der Waals surface area contributed by atoms with Gasteiger partial charge in [0.1, 0.15) is 11.5 Å². The fourth-order valence-electron chi connectivity index (χ4n) is 3.77. The van der Waals surface area contributed by atoms with Crippen molar-refractivity contribution in [1.82, 2.24) is 20.2 Å². The Bertz CT molecular complexity index is 694. The van der Waals surface area contributed by atoms with Crippen LogP contribution in [0.15, 0.2) is 6.20 Å². The number of likely N-dealkylation sites (tertiary alicyclic amines) is 1. The summed E-state index contributed by atoms with van der Waals surface area (Å²) in [6.45, 7) is 3.92. The molecule has 0 bridgehead atoms. The number of aryl methyl sites for hydroxylation is 1. The highest BCUT2D eigenvalue weighted by Crippen LogP contribution is 2.19. The van der Waals surface area contributed by atoms with Gasteiger partial charge in [-0.1, -0.05) is 18.5 Å². The number of carbonyl (C=O) groups is 2. The largest absolute Gasteiger partial charge is 0.378 e. The summed E-state index contributed by atoms with van der Waals surface area (Å²) in [4.78, 5) is 35.7. The molecule has 2 aliphatic rings. The molecule has 0 spiro atoms. The molecule has 0 radical (unpaired) electrons. The number of halogens is 1. The van der Waals surface area contributed by atoms with Crippen molar-refractivity contribution in [3.8, 4) is 0 Å². The van der Waals surface area contributed by atoms with Gasteiger partial charge in [0.05, 0.1) is 23.7 Å². The maximum absolute atomic E-state index is 12.7. The molecule has 0 aromatic carbocycles. The van der Waals surface area contributed by atoms with Crippen molar-refractivity contribution in [3.63, 3.8) is 0 Å². The smallest absolute Gasteiger partial charge is 0.271 e. The molecule has 0 aliphatic carbocycles. The molecule has 1 unspecified atom stereocenters. The van der Waals surface area contributed by atoms with Crippen LogP contribution < -0.4 is 5.32 Å². The molecule has 2 fully saturated rings. The highest BCUT2D eigenvalue weighted by molar-refractivity contribution is 6.33. The van der Waals surface area contributed by atoms with Crippen LogP contribution >= 0.6 is 11.6 Å². The highest BCUT2D eigenvalue weighted by atomic mass is 35.5. The fraction of sp³-hybridized carbons (Fsp3) is 0.700. The van der Waals surface area contributed by atoms with E-state index in [2.05, 4.69) is 15.3 Å². The van der Waals surface area contributed by atoms with E-state index in [1.807, 2.05) is 11.8 Å². The lowest BCUT2D eigenvalue weighted by Crippen LogP contribution is -2.45. The summed E-state index contributed by atoms with van der Waals surface area (Å²) in [5.74, 6) is 0.387. The van der Waals surface area contributed by atoms with Crippen molar-refractivity contribution >= 4 is 23.4 Å². The molecule has 1 aromatic heterocycles. The summed E-state index contributed by atoms with van der Waals surface area (Å²) < 4.78 is 5.71. The Morgan fingerprint density at radius 2 is 2.11 bits per heavy atom. The molecule has 28 heavy (non-hydrogen) atoms. The molecule has 0 saturated carbocycles. The third kappa shape index (κ3) is 5.64. The summed E-state index contributed by atoms with van der Waals surface area (Å²) in [7, 11) is 0. The zero-order chi connectivity index (χ0) is 19.9. The van der Waals surface area contributed by atoms with Gasteiger partial charge in [-0.2, -0.15) is 0 Å². The van der Waals surface area contributed by atoms with Crippen molar-refractivity contribution in [3.05, 3.63) is 22.7 Å². The molecular weight excluding hydrogens is 380 g/mol. The van der Waals surface area contributed by atoms with Crippen LogP contribution in [0.1, 0.15) is 68.2 Å². The second kappa shape index (κ2) is 10.2. The molecule has 2 aliphatic heterocycles. The fourth-order valence-corrected chi connectivity index (χ4v) is 3.94. The summed E-state index contributed by atoms with van der Waals surface area (Å²) in [6.07, 6.45) is 8.45. The lowest BCUT2D eigenvalue weighted by atomic mass is 10.1. The molecule has 3 heterocycles. The molecule has 2 atom stereocenters. The summed E-state index contributed by atoms with van der Waals surface area (Å²) in [6, 6.07) is -0.109. The first kappa shape index (κ1) is 21.0. The van der Waals surface area contributed by atoms with Gasteiger partial charge in [-0.3, -0.25) is 9.59 Å². The first-order chi connectivity index (χ1) is 13.6. The van der Waals surface area contributed by atoms with Crippen molar-refractivity contribution in [1.29, 1.82) is 0 Å². The van der Waals surface area contributed by atoms with Crippen LogP contribution in [-0.2, 0) is 16.0 Å². The molecule has 154 valence electrons. The predicted octanol–water partition coefficient (Wildman–Crippen LogP) is 2.76. The van der Waals surface area contributed by atoms with Crippen molar-refractivity contribution in [2.24, 2.45) is 0 Å². The Hall–Kier alpha value is -1.73. The van der Waals surface area contributed by atoms with Crippen LogP contribution in [0.4, 0.5) is 0 Å². The molecule has 1 aromatic rings. The number of aromatic nitrogens is 2. The standard InChI is InChI=1S/C20H29ClN4O3/c1-2-17-22-12-16(21)19(24-17)20(27)23-14-7-3-5-9-25(13-14)18(26)11-15-8-4-6-10-28-15/h12,14-15H,2-11,13H2,1H3,(H,23,27)/t14-,15?/m0/s1. The molecular formula is C20H29ClN4O3. The average molecular weight is 409 g/mol. The quantitative estimate of drug-likeness (QED) is 0.809. The van der Waals surface area contributed by atoms with Gasteiger partial charge in [0.2, 0.25) is 5.91 Å². The molecule has 2 amide bonds. The zero-order valence-electron chi connectivity index (χ0n) is 16.5. The van der Waals surface area contributed by atoms with Gasteiger partial charge >= 0.3 is 0 Å². The van der Waals surface area contributed by atoms with Crippen LogP contribution in [0.25, 0.3) is 0 Å². The lowest BCUT2D eigenvalue weighted by Gasteiger charge is -2.28. The maximum atomic E-state index is 12.7. The normalized spacial score (nSPS) is 23.1. The van der Waals surface area contributed by atoms with Gasteiger partial charge in [0, 0.05) is 32.2 Å². The minimum atomic E-state index is -0.308. The number of ether oxygens (including phenoxy) is 1. The van der Waals surface area contributed by atoms with Crippen LogP contribution in [0.3, 0.4) is 0 Å². The van der Waals surface area contributed by atoms with Crippen LogP contribution in [-0.4, -0.2) is 58.5 Å². The number of carbonyl (C=O) groups excluding carboxylic acids is 2. The first-order valence-electron chi connectivity index (χ1n) is 10.3. The second-order valence-corrected chi connectivity index (χ2v) is 7.94. The molecule has 7 nitrogen and oxygen atoms in total. The molecule has 1 N–H and O–H groups in total. The average Bonchev–Trinajstić information content (AvgIpc) is 2.94. The van der Waals surface area contributed by atoms with Gasteiger partial charge in [0.15, 0.2) is 0 Å². The minimum absolute atomic E-state index is 0.0323. The Balaban J connectivity index is 1.60. The van der Waals surface area contributed by atoms with Gasteiger partial charge in [-0.15, -0.1) is 0 Å². The van der Waals surface area contributed by atoms with Crippen molar-refractivity contribution in [2.45, 2.75) is 70.4 Å². The lowest BCUT2D eigenvalue weighted by molar-refractivity contribution is -0.135. The van der Waals surface area contributed by atoms with E-state index in [4.69, 9.17) is 16.3 Å². The minimum Gasteiger partial charge on any atom is -0.378 e. The van der Waals surface area contributed by atoms with Gasteiger partial charge in [-0.25, -0.2) is 9.97 Å². The van der Waals surface area contributed by atoms with E-state index in [9.17, 15) is 9.59 Å². The number of nitrogens with zero attached hydrogens (tertiary/aromatic N) is 3. The van der Waals surface area contributed by atoms with E-state index in [1.165, 1.54) is 6.20 Å². The van der Waals surface area contributed by atoms with E-state index in [0.717, 1.165) is 51.7 Å². The maximum Gasteiger partial charge on any atom is 0.271 e. The number of amides is 2. The van der Waals surface area contributed by atoms with Crippen LogP contribution in [0, 0.1) is 0 Å². The van der Waals surface area contributed by atoms with E-state index in [0.29, 0.717) is 25.2 Å². The third-order valence-corrected chi connectivity index (χ3v) is 5.64. The second-order valence-electron chi connectivity index (χ2n) is 7.53.